The zero-order valence-corrected chi connectivity index (χ0v) is 10.6. The average Bonchev–Trinajstić information content (AvgIpc) is 2.63. The van der Waals surface area contributed by atoms with E-state index in [2.05, 4.69) is 13.8 Å². The molecule has 2 rings (SSSR count). The average molecular weight is 238 g/mol. The second kappa shape index (κ2) is 4.09. The van der Waals surface area contributed by atoms with Crippen LogP contribution in [0.15, 0.2) is 11.4 Å². The minimum atomic E-state index is 0.100. The van der Waals surface area contributed by atoms with Crippen molar-refractivity contribution in [2.45, 2.75) is 26.7 Å². The van der Waals surface area contributed by atoms with Crippen LogP contribution in [-0.2, 0) is 0 Å². The molecule has 88 valence electrons. The molecule has 1 fully saturated rings. The van der Waals surface area contributed by atoms with Crippen LogP contribution in [0.25, 0.3) is 0 Å². The van der Waals surface area contributed by atoms with Crippen molar-refractivity contribution in [2.75, 3.05) is 18.8 Å². The van der Waals surface area contributed by atoms with E-state index < -0.39 is 0 Å². The van der Waals surface area contributed by atoms with Gasteiger partial charge in [0.1, 0.15) is 4.88 Å². The lowest BCUT2D eigenvalue weighted by Crippen LogP contribution is -2.41. The second-order valence-electron chi connectivity index (χ2n) is 5.16. The van der Waals surface area contributed by atoms with Gasteiger partial charge < -0.3 is 10.6 Å². The molecule has 1 aromatic rings. The van der Waals surface area contributed by atoms with E-state index in [9.17, 15) is 4.79 Å². The maximum Gasteiger partial charge on any atom is 0.266 e. The van der Waals surface area contributed by atoms with Gasteiger partial charge in [-0.25, -0.2) is 0 Å². The topological polar surface area (TPSA) is 46.3 Å². The number of hydrogen-bond donors (Lipinski definition) is 1. The minimum absolute atomic E-state index is 0.100. The molecule has 1 aromatic heterocycles. The third-order valence-corrected chi connectivity index (χ3v) is 4.21. The number of anilines is 1. The Hall–Kier alpha value is -1.03. The lowest BCUT2D eigenvalue weighted by atomic mass is 9.82. The summed E-state index contributed by atoms with van der Waals surface area (Å²) in [5, 5.41) is 1.87. The predicted molar refractivity (Wildman–Crippen MR) is 67.6 cm³/mol. The zero-order chi connectivity index (χ0) is 11.8. The van der Waals surface area contributed by atoms with Crippen LogP contribution in [0.3, 0.4) is 0 Å². The maximum atomic E-state index is 12.1. The van der Waals surface area contributed by atoms with Crippen LogP contribution in [0.2, 0.25) is 0 Å². The van der Waals surface area contributed by atoms with Gasteiger partial charge in [-0.1, -0.05) is 13.8 Å². The molecule has 0 radical (unpaired) electrons. The summed E-state index contributed by atoms with van der Waals surface area (Å²) in [7, 11) is 0. The fourth-order valence-corrected chi connectivity index (χ4v) is 2.74. The molecule has 1 aliphatic heterocycles. The van der Waals surface area contributed by atoms with Crippen molar-refractivity contribution in [3.8, 4) is 0 Å². The Morgan fingerprint density at radius 1 is 1.44 bits per heavy atom. The Morgan fingerprint density at radius 3 is 2.56 bits per heavy atom. The van der Waals surface area contributed by atoms with Gasteiger partial charge >= 0.3 is 0 Å². The molecular formula is C12H18N2OS. The summed E-state index contributed by atoms with van der Waals surface area (Å²) in [4.78, 5) is 14.8. The highest BCUT2D eigenvalue weighted by Crippen LogP contribution is 2.31. The standard InChI is InChI=1S/C12H18N2OS/c1-12(2)4-6-14(7-5-12)11(15)10-9(13)3-8-16-10/h3,8H,4-7,13H2,1-2H3. The lowest BCUT2D eigenvalue weighted by Gasteiger charge is -2.36. The van der Waals surface area contributed by atoms with Gasteiger partial charge in [0, 0.05) is 13.1 Å². The Balaban J connectivity index is 2.05. The number of likely N-dealkylation sites (tertiary alicyclic amines) is 1. The molecule has 0 aliphatic carbocycles. The highest BCUT2D eigenvalue weighted by molar-refractivity contribution is 7.12. The summed E-state index contributed by atoms with van der Waals surface area (Å²) in [6, 6.07) is 1.80. The predicted octanol–water partition coefficient (Wildman–Crippen LogP) is 2.59. The summed E-state index contributed by atoms with van der Waals surface area (Å²) in [5.74, 6) is 0.100. The van der Waals surface area contributed by atoms with Crippen LogP contribution in [-0.4, -0.2) is 23.9 Å². The molecular weight excluding hydrogens is 220 g/mol. The van der Waals surface area contributed by atoms with Gasteiger partial charge in [0.15, 0.2) is 0 Å². The van der Waals surface area contributed by atoms with E-state index in [1.54, 1.807) is 6.07 Å². The number of thiophene rings is 1. The Bertz CT molecular complexity index is 387. The summed E-state index contributed by atoms with van der Waals surface area (Å²) in [6.45, 7) is 6.22. The van der Waals surface area contributed by atoms with Gasteiger partial charge in [-0.2, -0.15) is 0 Å². The van der Waals surface area contributed by atoms with E-state index in [-0.39, 0.29) is 5.91 Å². The van der Waals surface area contributed by atoms with Crippen molar-refractivity contribution in [2.24, 2.45) is 5.41 Å². The molecule has 0 aromatic carbocycles. The minimum Gasteiger partial charge on any atom is -0.397 e. The molecule has 1 amide bonds. The van der Waals surface area contributed by atoms with E-state index in [1.807, 2.05) is 10.3 Å². The first-order chi connectivity index (χ1) is 7.49. The van der Waals surface area contributed by atoms with Crippen LogP contribution >= 0.6 is 11.3 Å². The van der Waals surface area contributed by atoms with Crippen molar-refractivity contribution in [3.05, 3.63) is 16.3 Å². The third-order valence-electron chi connectivity index (χ3n) is 3.29. The fourth-order valence-electron chi connectivity index (χ4n) is 1.95. The molecule has 1 aliphatic rings. The highest BCUT2D eigenvalue weighted by atomic mass is 32.1. The van der Waals surface area contributed by atoms with Crippen LogP contribution in [0.5, 0.6) is 0 Å². The number of hydrogen-bond acceptors (Lipinski definition) is 3. The largest absolute Gasteiger partial charge is 0.397 e. The molecule has 2 heterocycles. The molecule has 0 spiro atoms. The van der Waals surface area contributed by atoms with Gasteiger partial charge in [-0.05, 0) is 29.7 Å². The van der Waals surface area contributed by atoms with Gasteiger partial charge in [-0.15, -0.1) is 11.3 Å². The van der Waals surface area contributed by atoms with Crippen LogP contribution in [0.4, 0.5) is 5.69 Å². The van der Waals surface area contributed by atoms with Crippen molar-refractivity contribution < 1.29 is 4.79 Å². The molecule has 4 heteroatoms. The second-order valence-corrected chi connectivity index (χ2v) is 6.08. The van der Waals surface area contributed by atoms with Crippen LogP contribution in [0, 0.1) is 5.41 Å². The van der Waals surface area contributed by atoms with E-state index in [1.165, 1.54) is 11.3 Å². The van der Waals surface area contributed by atoms with E-state index in [4.69, 9.17) is 5.73 Å². The number of nitrogen functional groups attached to an aromatic ring is 1. The molecule has 1 saturated heterocycles. The summed E-state index contributed by atoms with van der Waals surface area (Å²) in [5.41, 5.74) is 6.75. The Morgan fingerprint density at radius 2 is 2.06 bits per heavy atom. The van der Waals surface area contributed by atoms with Crippen LogP contribution in [0.1, 0.15) is 36.4 Å². The first-order valence-corrected chi connectivity index (χ1v) is 6.50. The van der Waals surface area contributed by atoms with Gasteiger partial charge in [0.05, 0.1) is 5.69 Å². The number of piperidine rings is 1. The maximum absolute atomic E-state index is 12.1. The first kappa shape index (κ1) is 11.5. The summed E-state index contributed by atoms with van der Waals surface area (Å²) < 4.78 is 0. The highest BCUT2D eigenvalue weighted by Gasteiger charge is 2.29. The zero-order valence-electron chi connectivity index (χ0n) is 9.82. The molecule has 16 heavy (non-hydrogen) atoms. The fraction of sp³-hybridized carbons (Fsp3) is 0.583. The third kappa shape index (κ3) is 2.21. The first-order valence-electron chi connectivity index (χ1n) is 5.62. The number of nitrogens with zero attached hydrogens (tertiary/aromatic N) is 1. The molecule has 0 atom stereocenters. The summed E-state index contributed by atoms with van der Waals surface area (Å²) in [6.07, 6.45) is 2.15. The van der Waals surface area contributed by atoms with Gasteiger partial charge in [0.25, 0.3) is 5.91 Å². The Kier molecular flexibility index (Phi) is 2.93. The van der Waals surface area contributed by atoms with Gasteiger partial charge in [0.2, 0.25) is 0 Å². The lowest BCUT2D eigenvalue weighted by molar-refractivity contribution is 0.0636. The molecule has 0 saturated carbocycles. The monoisotopic (exact) mass is 238 g/mol. The number of rotatable bonds is 1. The van der Waals surface area contributed by atoms with Gasteiger partial charge in [-0.3, -0.25) is 4.79 Å². The quantitative estimate of drug-likeness (QED) is 0.817. The van der Waals surface area contributed by atoms with E-state index in [0.29, 0.717) is 16.0 Å². The number of nitrogens with two attached hydrogens (primary N) is 1. The molecule has 0 bridgehead atoms. The number of carbonyl (C=O) groups excluding carboxylic acids is 1. The van der Waals surface area contributed by atoms with Crippen molar-refractivity contribution in [1.82, 2.24) is 4.90 Å². The van der Waals surface area contributed by atoms with Crippen LogP contribution < -0.4 is 5.73 Å². The summed E-state index contributed by atoms with van der Waals surface area (Å²) >= 11 is 1.43. The smallest absolute Gasteiger partial charge is 0.266 e. The molecule has 0 unspecified atom stereocenters. The normalized spacial score (nSPS) is 19.8. The number of carbonyl (C=O) groups is 1. The molecule has 2 N–H and O–H groups in total. The van der Waals surface area contributed by atoms with Crippen molar-refractivity contribution in [1.29, 1.82) is 0 Å². The van der Waals surface area contributed by atoms with E-state index in [0.717, 1.165) is 25.9 Å². The van der Waals surface area contributed by atoms with E-state index >= 15 is 0 Å². The molecule has 3 nitrogen and oxygen atoms in total. The Labute approximate surface area is 100 Å². The van der Waals surface area contributed by atoms with Crippen molar-refractivity contribution in [3.63, 3.8) is 0 Å². The number of amides is 1. The SMILES string of the molecule is CC1(C)CCN(C(=O)c2sccc2N)CC1. The van der Waals surface area contributed by atoms with Crippen molar-refractivity contribution >= 4 is 22.9 Å².